The quantitative estimate of drug-likeness (QED) is 0.661. The van der Waals surface area contributed by atoms with E-state index in [9.17, 15) is 9.59 Å². The molecule has 1 saturated carbocycles. The van der Waals surface area contributed by atoms with Crippen LogP contribution in [0.2, 0.25) is 0 Å². The van der Waals surface area contributed by atoms with Crippen molar-refractivity contribution in [3.63, 3.8) is 0 Å². The molecule has 0 spiro atoms. The van der Waals surface area contributed by atoms with Gasteiger partial charge in [-0.15, -0.1) is 0 Å². The average molecular weight is 447 g/mol. The molecule has 2 aliphatic heterocycles. The summed E-state index contributed by atoms with van der Waals surface area (Å²) in [5, 5.41) is 0. The molecule has 0 radical (unpaired) electrons. The van der Waals surface area contributed by atoms with Crippen LogP contribution in [0.3, 0.4) is 0 Å². The molecular formula is C27H34N4O2. The lowest BCUT2D eigenvalue weighted by Gasteiger charge is -2.31. The highest BCUT2D eigenvalue weighted by molar-refractivity contribution is 5.95. The number of hydrogen-bond donors (Lipinski definition) is 0. The normalized spacial score (nSPS) is 21.0. The summed E-state index contributed by atoms with van der Waals surface area (Å²) >= 11 is 0. The van der Waals surface area contributed by atoms with Crippen LogP contribution in [-0.2, 0) is 22.6 Å². The first-order valence-corrected chi connectivity index (χ1v) is 12.5. The summed E-state index contributed by atoms with van der Waals surface area (Å²) in [6, 6.07) is 8.22. The van der Waals surface area contributed by atoms with Gasteiger partial charge in [0, 0.05) is 30.6 Å². The maximum Gasteiger partial charge on any atom is 0.228 e. The van der Waals surface area contributed by atoms with E-state index < -0.39 is 0 Å². The van der Waals surface area contributed by atoms with Gasteiger partial charge in [0.2, 0.25) is 11.8 Å². The molecule has 1 unspecified atom stereocenters. The van der Waals surface area contributed by atoms with E-state index in [4.69, 9.17) is 9.97 Å². The van der Waals surface area contributed by atoms with Gasteiger partial charge in [-0.25, -0.2) is 9.97 Å². The van der Waals surface area contributed by atoms with Gasteiger partial charge in [0.25, 0.3) is 0 Å². The highest BCUT2D eigenvalue weighted by Gasteiger charge is 2.36. The minimum atomic E-state index is -0.0823. The Labute approximate surface area is 196 Å². The van der Waals surface area contributed by atoms with Crippen LogP contribution in [0.4, 0.5) is 5.82 Å². The molecule has 5 rings (SSSR count). The van der Waals surface area contributed by atoms with Crippen LogP contribution >= 0.6 is 0 Å². The van der Waals surface area contributed by atoms with Crippen molar-refractivity contribution in [3.8, 4) is 0 Å². The van der Waals surface area contributed by atoms with E-state index in [1.165, 1.54) is 31.2 Å². The van der Waals surface area contributed by atoms with Crippen LogP contribution in [0, 0.1) is 19.8 Å². The number of hydrogen-bond acceptors (Lipinski definition) is 4. The summed E-state index contributed by atoms with van der Waals surface area (Å²) in [5.41, 5.74) is 4.29. The number of aryl methyl sites for hydroxylation is 2. The Morgan fingerprint density at radius 3 is 2.52 bits per heavy atom. The van der Waals surface area contributed by atoms with Gasteiger partial charge in [0.05, 0.1) is 12.6 Å². The predicted octanol–water partition coefficient (Wildman–Crippen LogP) is 4.82. The molecule has 2 fully saturated rings. The number of carbonyl (C=O) groups is 2. The molecule has 1 aliphatic carbocycles. The van der Waals surface area contributed by atoms with Crippen molar-refractivity contribution >= 4 is 17.6 Å². The van der Waals surface area contributed by atoms with Gasteiger partial charge in [-0.2, -0.15) is 0 Å². The molecule has 1 aromatic carbocycles. The first kappa shape index (κ1) is 22.1. The van der Waals surface area contributed by atoms with Gasteiger partial charge in [-0.3, -0.25) is 14.5 Å². The zero-order valence-electron chi connectivity index (χ0n) is 19.8. The fraction of sp³-hybridized carbons (Fsp3) is 0.556. The number of amides is 2. The van der Waals surface area contributed by atoms with Gasteiger partial charge in [-0.05, 0) is 57.4 Å². The maximum atomic E-state index is 13.1. The summed E-state index contributed by atoms with van der Waals surface area (Å²) in [6.45, 7) is 5.37. The number of nitrogens with zero attached hydrogens (tertiary/aromatic N) is 4. The Bertz CT molecular complexity index is 1040. The van der Waals surface area contributed by atoms with Crippen molar-refractivity contribution < 1.29 is 9.59 Å². The summed E-state index contributed by atoms with van der Waals surface area (Å²) in [6.07, 6.45) is 8.53. The van der Waals surface area contributed by atoms with E-state index in [0.29, 0.717) is 37.5 Å². The molecule has 3 aliphatic rings. The van der Waals surface area contributed by atoms with Crippen molar-refractivity contribution in [2.45, 2.75) is 84.2 Å². The highest BCUT2D eigenvalue weighted by atomic mass is 16.2. The fourth-order valence-electron chi connectivity index (χ4n) is 5.70. The van der Waals surface area contributed by atoms with Crippen LogP contribution in [0.5, 0.6) is 0 Å². The molecule has 1 saturated heterocycles. The molecule has 6 nitrogen and oxygen atoms in total. The largest absolute Gasteiger partial charge is 0.332 e. The van der Waals surface area contributed by atoms with Crippen molar-refractivity contribution in [1.82, 2.24) is 14.9 Å². The third kappa shape index (κ3) is 4.53. The Balaban J connectivity index is 1.43. The van der Waals surface area contributed by atoms with Crippen LogP contribution in [0.15, 0.2) is 24.3 Å². The van der Waals surface area contributed by atoms with Gasteiger partial charge in [0.1, 0.15) is 5.82 Å². The molecular weight excluding hydrogens is 412 g/mol. The SMILES string of the molecule is Cc1ccc(CN2C(=O)CCc3c(C)nc(C4CCCN4C(=O)CC4CCCC4)nc32)cc1. The predicted molar refractivity (Wildman–Crippen MR) is 128 cm³/mol. The minimum absolute atomic E-state index is 0.0823. The number of likely N-dealkylation sites (tertiary alicyclic amines) is 1. The second kappa shape index (κ2) is 9.24. The van der Waals surface area contributed by atoms with Crippen molar-refractivity contribution in [2.75, 3.05) is 11.4 Å². The summed E-state index contributed by atoms with van der Waals surface area (Å²) in [7, 11) is 0. The third-order valence-electron chi connectivity index (χ3n) is 7.63. The highest BCUT2D eigenvalue weighted by Crippen LogP contribution is 2.36. The van der Waals surface area contributed by atoms with Crippen LogP contribution in [0.1, 0.15) is 85.6 Å². The lowest BCUT2D eigenvalue weighted by Crippen LogP contribution is -2.37. The average Bonchev–Trinajstić information content (AvgIpc) is 3.49. The molecule has 1 aromatic heterocycles. The van der Waals surface area contributed by atoms with E-state index in [0.717, 1.165) is 42.0 Å². The smallest absolute Gasteiger partial charge is 0.228 e. The van der Waals surface area contributed by atoms with Gasteiger partial charge < -0.3 is 4.90 Å². The van der Waals surface area contributed by atoms with Crippen molar-refractivity contribution in [2.24, 2.45) is 5.92 Å². The van der Waals surface area contributed by atoms with Gasteiger partial charge in [0.15, 0.2) is 5.82 Å². The lowest BCUT2D eigenvalue weighted by molar-refractivity contribution is -0.133. The first-order chi connectivity index (χ1) is 16.0. The number of fused-ring (bicyclic) bond motifs is 1. The number of benzene rings is 1. The second-order valence-corrected chi connectivity index (χ2v) is 10.0. The van der Waals surface area contributed by atoms with E-state index in [2.05, 4.69) is 31.2 Å². The summed E-state index contributed by atoms with van der Waals surface area (Å²) in [4.78, 5) is 39.8. The zero-order valence-corrected chi connectivity index (χ0v) is 19.8. The Kier molecular flexibility index (Phi) is 6.17. The van der Waals surface area contributed by atoms with Crippen molar-refractivity contribution in [3.05, 3.63) is 52.5 Å². The summed E-state index contributed by atoms with van der Waals surface area (Å²) in [5.74, 6) is 2.33. The van der Waals surface area contributed by atoms with Gasteiger partial charge in [-0.1, -0.05) is 42.7 Å². The van der Waals surface area contributed by atoms with Crippen molar-refractivity contribution in [1.29, 1.82) is 0 Å². The Morgan fingerprint density at radius 2 is 1.76 bits per heavy atom. The molecule has 1 atom stereocenters. The molecule has 33 heavy (non-hydrogen) atoms. The minimum Gasteiger partial charge on any atom is -0.332 e. The van der Waals surface area contributed by atoms with E-state index >= 15 is 0 Å². The molecule has 0 N–H and O–H groups in total. The lowest BCUT2D eigenvalue weighted by atomic mass is 10.0. The Morgan fingerprint density at radius 1 is 1.00 bits per heavy atom. The second-order valence-electron chi connectivity index (χ2n) is 10.0. The number of carbonyl (C=O) groups excluding carboxylic acids is 2. The summed E-state index contributed by atoms with van der Waals surface area (Å²) < 4.78 is 0. The fourth-order valence-corrected chi connectivity index (χ4v) is 5.70. The standard InChI is InChI=1S/C27H34N4O2/c1-18-9-11-21(12-10-18)17-31-24(32)14-13-22-19(2)28-26(29-27(22)31)23-8-5-15-30(23)25(33)16-20-6-3-4-7-20/h9-12,20,23H,3-8,13-17H2,1-2H3. The van der Waals surface area contributed by atoms with E-state index in [1.54, 1.807) is 0 Å². The Hall–Kier alpha value is -2.76. The van der Waals surface area contributed by atoms with Crippen LogP contribution in [-0.4, -0.2) is 33.2 Å². The van der Waals surface area contributed by atoms with Gasteiger partial charge >= 0.3 is 0 Å². The molecule has 2 amide bonds. The number of rotatable bonds is 5. The molecule has 3 heterocycles. The molecule has 0 bridgehead atoms. The van der Waals surface area contributed by atoms with E-state index in [-0.39, 0.29) is 17.9 Å². The molecule has 6 heteroatoms. The monoisotopic (exact) mass is 446 g/mol. The number of anilines is 1. The van der Waals surface area contributed by atoms with Crippen LogP contribution in [0.25, 0.3) is 0 Å². The topological polar surface area (TPSA) is 66.4 Å². The first-order valence-electron chi connectivity index (χ1n) is 12.5. The zero-order chi connectivity index (χ0) is 22.9. The van der Waals surface area contributed by atoms with E-state index in [1.807, 2.05) is 16.7 Å². The maximum absolute atomic E-state index is 13.1. The van der Waals surface area contributed by atoms with Crippen LogP contribution < -0.4 is 4.90 Å². The number of aromatic nitrogens is 2. The molecule has 174 valence electrons. The molecule has 2 aromatic rings. The third-order valence-corrected chi connectivity index (χ3v) is 7.63.